The van der Waals surface area contributed by atoms with Gasteiger partial charge >= 0.3 is 0 Å². The van der Waals surface area contributed by atoms with Gasteiger partial charge in [0.1, 0.15) is 0 Å². The molecule has 0 saturated carbocycles. The van der Waals surface area contributed by atoms with Gasteiger partial charge in [0.05, 0.1) is 11.5 Å². The van der Waals surface area contributed by atoms with Gasteiger partial charge in [-0.3, -0.25) is 0 Å². The maximum atomic E-state index is 9.33. The van der Waals surface area contributed by atoms with E-state index in [1.165, 1.54) is 24.0 Å². The van der Waals surface area contributed by atoms with Gasteiger partial charge in [0.15, 0.2) is 0 Å². The number of hydrogen-bond donors (Lipinski definition) is 0. The first-order valence-electron chi connectivity index (χ1n) is 7.17. The lowest BCUT2D eigenvalue weighted by Gasteiger charge is -2.42. The molecule has 0 spiro atoms. The van der Waals surface area contributed by atoms with Crippen molar-refractivity contribution >= 4 is 0 Å². The van der Waals surface area contributed by atoms with Crippen LogP contribution < -0.4 is 0 Å². The smallest absolute Gasteiger partial charge is 0.0766 e. The lowest BCUT2D eigenvalue weighted by atomic mass is 9.62. The Morgan fingerprint density at radius 3 is 2.05 bits per heavy atom. The van der Waals surface area contributed by atoms with Gasteiger partial charge in [0.25, 0.3) is 0 Å². The zero-order valence-corrected chi connectivity index (χ0v) is 13.1. The summed E-state index contributed by atoms with van der Waals surface area (Å²) in [5.41, 5.74) is 4.09. The van der Waals surface area contributed by atoms with Gasteiger partial charge in [-0.25, -0.2) is 0 Å². The van der Waals surface area contributed by atoms with Crippen LogP contribution in [0.3, 0.4) is 0 Å². The molecule has 0 saturated heterocycles. The predicted molar refractivity (Wildman–Crippen MR) is 80.4 cm³/mol. The summed E-state index contributed by atoms with van der Waals surface area (Å²) in [5.74, 6) is 0. The van der Waals surface area contributed by atoms with E-state index in [1.54, 1.807) is 0 Å². The summed E-state index contributed by atoms with van der Waals surface area (Å²) in [6, 6.07) is 9.09. The van der Waals surface area contributed by atoms with Gasteiger partial charge in [0.2, 0.25) is 0 Å². The summed E-state index contributed by atoms with van der Waals surface area (Å²) < 4.78 is 0. The molecule has 102 valence electrons. The van der Waals surface area contributed by atoms with Crippen molar-refractivity contribution in [3.63, 3.8) is 0 Å². The number of fused-ring (bicyclic) bond motifs is 1. The van der Waals surface area contributed by atoms with Crippen molar-refractivity contribution in [1.82, 2.24) is 0 Å². The Bertz CT molecular complexity index is 541. The maximum absolute atomic E-state index is 9.33. The third-order valence-corrected chi connectivity index (χ3v) is 4.85. The fourth-order valence-corrected chi connectivity index (χ4v) is 3.04. The van der Waals surface area contributed by atoms with E-state index in [1.807, 2.05) is 13.8 Å². The SMILES string of the molecule is CC(C)(C#N)c1ccc2c(c1)C(C)(C)CCC2(C)C. The normalized spacial score (nSPS) is 20.5. The van der Waals surface area contributed by atoms with E-state index < -0.39 is 5.41 Å². The molecule has 0 amide bonds. The molecule has 0 heterocycles. The molecule has 0 N–H and O–H groups in total. The molecule has 0 fully saturated rings. The molecule has 2 rings (SSSR count). The summed E-state index contributed by atoms with van der Waals surface area (Å²) in [5, 5.41) is 9.33. The molecule has 1 aromatic rings. The highest BCUT2D eigenvalue weighted by Gasteiger charge is 2.37. The van der Waals surface area contributed by atoms with Crippen molar-refractivity contribution < 1.29 is 0 Å². The quantitative estimate of drug-likeness (QED) is 0.704. The maximum Gasteiger partial charge on any atom is 0.0766 e. The van der Waals surface area contributed by atoms with Crippen molar-refractivity contribution in [3.05, 3.63) is 34.9 Å². The lowest BCUT2D eigenvalue weighted by molar-refractivity contribution is 0.331. The van der Waals surface area contributed by atoms with Crippen LogP contribution in [0, 0.1) is 11.3 Å². The van der Waals surface area contributed by atoms with Crippen LogP contribution in [0.1, 0.15) is 71.1 Å². The second kappa shape index (κ2) is 4.10. The van der Waals surface area contributed by atoms with Crippen LogP contribution in [-0.2, 0) is 16.2 Å². The van der Waals surface area contributed by atoms with E-state index in [9.17, 15) is 5.26 Å². The van der Waals surface area contributed by atoms with Gasteiger partial charge < -0.3 is 0 Å². The molecular formula is C18H25N. The van der Waals surface area contributed by atoms with Crippen molar-refractivity contribution in [1.29, 1.82) is 5.26 Å². The van der Waals surface area contributed by atoms with Crippen molar-refractivity contribution in [2.24, 2.45) is 0 Å². The van der Waals surface area contributed by atoms with Crippen LogP contribution in [0.25, 0.3) is 0 Å². The molecule has 0 bridgehead atoms. The Morgan fingerprint density at radius 2 is 1.53 bits per heavy atom. The highest BCUT2D eigenvalue weighted by Crippen LogP contribution is 2.46. The van der Waals surface area contributed by atoms with Crippen molar-refractivity contribution in [2.45, 2.75) is 70.6 Å². The Kier molecular flexibility index (Phi) is 3.05. The minimum absolute atomic E-state index is 0.215. The molecule has 1 nitrogen and oxygen atoms in total. The molecule has 1 aromatic carbocycles. The number of nitriles is 1. The van der Waals surface area contributed by atoms with E-state index in [-0.39, 0.29) is 10.8 Å². The summed E-state index contributed by atoms with van der Waals surface area (Å²) in [6.07, 6.45) is 2.44. The second-order valence-corrected chi connectivity index (χ2v) is 7.76. The van der Waals surface area contributed by atoms with Crippen LogP contribution in [-0.4, -0.2) is 0 Å². The molecule has 0 radical (unpaired) electrons. The fourth-order valence-electron chi connectivity index (χ4n) is 3.04. The average Bonchev–Trinajstić information content (AvgIpc) is 2.35. The Balaban J connectivity index is 2.64. The van der Waals surface area contributed by atoms with Gasteiger partial charge in [-0.15, -0.1) is 0 Å². The highest BCUT2D eigenvalue weighted by atomic mass is 14.4. The number of rotatable bonds is 1. The Hall–Kier alpha value is -1.29. The van der Waals surface area contributed by atoms with E-state index in [4.69, 9.17) is 0 Å². The number of nitrogens with zero attached hydrogens (tertiary/aromatic N) is 1. The van der Waals surface area contributed by atoms with Crippen LogP contribution in [0.15, 0.2) is 18.2 Å². The summed E-state index contributed by atoms with van der Waals surface area (Å²) in [7, 11) is 0. The molecule has 1 heteroatoms. The fraction of sp³-hybridized carbons (Fsp3) is 0.611. The standard InChI is InChI=1S/C18H25N/c1-16(2)9-10-17(3,4)15-11-13(7-8-14(15)16)18(5,6)12-19/h7-8,11H,9-10H2,1-6H3. The van der Waals surface area contributed by atoms with Gasteiger partial charge in [0, 0.05) is 0 Å². The molecule has 0 aliphatic heterocycles. The Labute approximate surface area is 117 Å². The van der Waals surface area contributed by atoms with E-state index in [0.717, 1.165) is 5.56 Å². The van der Waals surface area contributed by atoms with E-state index >= 15 is 0 Å². The Morgan fingerprint density at radius 1 is 1.00 bits per heavy atom. The third-order valence-electron chi connectivity index (χ3n) is 4.85. The topological polar surface area (TPSA) is 23.8 Å². The van der Waals surface area contributed by atoms with Crippen LogP contribution in [0.4, 0.5) is 0 Å². The zero-order chi connectivity index (χ0) is 14.5. The number of hydrogen-bond acceptors (Lipinski definition) is 1. The molecular weight excluding hydrogens is 230 g/mol. The second-order valence-electron chi connectivity index (χ2n) is 7.76. The van der Waals surface area contributed by atoms with Gasteiger partial charge in [-0.05, 0) is 54.2 Å². The van der Waals surface area contributed by atoms with Crippen LogP contribution in [0.5, 0.6) is 0 Å². The molecule has 19 heavy (non-hydrogen) atoms. The molecule has 1 aliphatic rings. The van der Waals surface area contributed by atoms with Crippen molar-refractivity contribution in [2.75, 3.05) is 0 Å². The van der Waals surface area contributed by atoms with E-state index in [0.29, 0.717) is 0 Å². The monoisotopic (exact) mass is 255 g/mol. The van der Waals surface area contributed by atoms with Crippen LogP contribution in [0.2, 0.25) is 0 Å². The summed E-state index contributed by atoms with van der Waals surface area (Å²) in [6.45, 7) is 13.3. The third kappa shape index (κ3) is 2.29. The average molecular weight is 255 g/mol. The molecule has 1 aliphatic carbocycles. The highest BCUT2D eigenvalue weighted by molar-refractivity contribution is 5.46. The minimum Gasteiger partial charge on any atom is -0.197 e. The first kappa shape index (κ1) is 14.1. The number of benzene rings is 1. The van der Waals surface area contributed by atoms with Crippen LogP contribution >= 0.6 is 0 Å². The predicted octanol–water partition coefficient (Wildman–Crippen LogP) is 4.84. The first-order valence-corrected chi connectivity index (χ1v) is 7.17. The molecule has 0 unspecified atom stereocenters. The molecule has 0 aromatic heterocycles. The largest absolute Gasteiger partial charge is 0.197 e. The minimum atomic E-state index is -0.410. The van der Waals surface area contributed by atoms with E-state index in [2.05, 4.69) is 52.0 Å². The lowest BCUT2D eigenvalue weighted by Crippen LogP contribution is -2.34. The van der Waals surface area contributed by atoms with Gasteiger partial charge in [-0.1, -0.05) is 45.9 Å². The van der Waals surface area contributed by atoms with Gasteiger partial charge in [-0.2, -0.15) is 5.26 Å². The first-order chi connectivity index (χ1) is 8.60. The summed E-state index contributed by atoms with van der Waals surface area (Å²) >= 11 is 0. The molecule has 0 atom stereocenters. The van der Waals surface area contributed by atoms with Crippen molar-refractivity contribution in [3.8, 4) is 6.07 Å². The summed E-state index contributed by atoms with van der Waals surface area (Å²) in [4.78, 5) is 0. The zero-order valence-electron chi connectivity index (χ0n) is 13.1.